The van der Waals surface area contributed by atoms with Crippen LogP contribution in [0.4, 0.5) is 0 Å². The molecule has 0 N–H and O–H groups in total. The van der Waals surface area contributed by atoms with Crippen LogP contribution in [0.25, 0.3) is 0 Å². The normalized spacial score (nSPS) is 29.9. The summed E-state index contributed by atoms with van der Waals surface area (Å²) in [6.07, 6.45) is 23.2. The Bertz CT molecular complexity index is 200. The maximum absolute atomic E-state index is 2.43. The van der Waals surface area contributed by atoms with Crippen LogP contribution in [0.5, 0.6) is 0 Å². The summed E-state index contributed by atoms with van der Waals surface area (Å²) in [5.41, 5.74) is 0. The minimum atomic E-state index is 0.795. The summed E-state index contributed by atoms with van der Waals surface area (Å²) in [5, 5.41) is 0. The predicted molar refractivity (Wildman–Crippen MR) is 73.6 cm³/mol. The van der Waals surface area contributed by atoms with Gasteiger partial charge in [0, 0.05) is 0 Å². The molecule has 16 heavy (non-hydrogen) atoms. The minimum Gasteiger partial charge on any atom is -0.0885 e. The SMILES string of the molecule is CC1/C=C/CCCC/C=C/CCCCCC1. The summed E-state index contributed by atoms with van der Waals surface area (Å²) >= 11 is 0. The minimum absolute atomic E-state index is 0.795. The van der Waals surface area contributed by atoms with Crippen molar-refractivity contribution < 1.29 is 0 Å². The second kappa shape index (κ2) is 9.69. The van der Waals surface area contributed by atoms with Gasteiger partial charge in [-0.15, -0.1) is 0 Å². The van der Waals surface area contributed by atoms with E-state index in [0.29, 0.717) is 0 Å². The van der Waals surface area contributed by atoms with Crippen LogP contribution in [0.1, 0.15) is 71.1 Å². The van der Waals surface area contributed by atoms with Gasteiger partial charge in [0.1, 0.15) is 0 Å². The maximum Gasteiger partial charge on any atom is -0.0262 e. The molecule has 1 rings (SSSR count). The molecule has 0 amide bonds. The van der Waals surface area contributed by atoms with E-state index in [0.717, 1.165) is 5.92 Å². The molecule has 0 saturated heterocycles. The Hall–Kier alpha value is -0.520. The number of rotatable bonds is 0. The maximum atomic E-state index is 2.43. The third-order valence-electron chi connectivity index (χ3n) is 3.40. The second-order valence-corrected chi connectivity index (χ2v) is 5.15. The van der Waals surface area contributed by atoms with E-state index < -0.39 is 0 Å². The van der Waals surface area contributed by atoms with E-state index in [1.807, 2.05) is 0 Å². The van der Waals surface area contributed by atoms with Gasteiger partial charge < -0.3 is 0 Å². The molecule has 0 aromatic heterocycles. The lowest BCUT2D eigenvalue weighted by molar-refractivity contribution is 0.554. The van der Waals surface area contributed by atoms with E-state index in [1.165, 1.54) is 64.2 Å². The summed E-state index contributed by atoms with van der Waals surface area (Å²) < 4.78 is 0. The fraction of sp³-hybridized carbons (Fsp3) is 0.750. The van der Waals surface area contributed by atoms with Gasteiger partial charge in [0.15, 0.2) is 0 Å². The lowest BCUT2D eigenvalue weighted by Crippen LogP contribution is -1.89. The van der Waals surface area contributed by atoms with Gasteiger partial charge in [-0.25, -0.2) is 0 Å². The molecule has 0 aliphatic heterocycles. The Labute approximate surface area is 102 Å². The van der Waals surface area contributed by atoms with Crippen molar-refractivity contribution in [2.24, 2.45) is 5.92 Å². The lowest BCUT2D eigenvalue weighted by atomic mass is 10.0. The summed E-state index contributed by atoms with van der Waals surface area (Å²) in [6.45, 7) is 2.36. The first-order chi connectivity index (χ1) is 7.89. The molecule has 0 spiro atoms. The second-order valence-electron chi connectivity index (χ2n) is 5.15. The molecule has 1 atom stereocenters. The lowest BCUT2D eigenvalue weighted by Gasteiger charge is -2.05. The largest absolute Gasteiger partial charge is 0.0885 e. The van der Waals surface area contributed by atoms with Gasteiger partial charge in [-0.3, -0.25) is 0 Å². The fourth-order valence-corrected chi connectivity index (χ4v) is 2.27. The van der Waals surface area contributed by atoms with Gasteiger partial charge in [0.25, 0.3) is 0 Å². The van der Waals surface area contributed by atoms with Crippen LogP contribution in [0.2, 0.25) is 0 Å². The smallest absolute Gasteiger partial charge is 0.0262 e. The van der Waals surface area contributed by atoms with Crippen molar-refractivity contribution in [3.63, 3.8) is 0 Å². The molecule has 92 valence electrons. The summed E-state index contributed by atoms with van der Waals surface area (Å²) in [5.74, 6) is 0.795. The molecule has 1 aliphatic rings. The molecule has 1 aliphatic carbocycles. The van der Waals surface area contributed by atoms with Gasteiger partial charge in [0.05, 0.1) is 0 Å². The standard InChI is InChI=1S/C16H28/c1-16-14-12-10-8-6-4-2-3-5-7-9-11-13-15-16/h2-3,12,14,16H,4-11,13,15H2,1H3/b3-2+,14-12+. The number of hydrogen-bond acceptors (Lipinski definition) is 0. The van der Waals surface area contributed by atoms with Crippen molar-refractivity contribution in [3.05, 3.63) is 24.3 Å². The highest BCUT2D eigenvalue weighted by Gasteiger charge is 1.97. The van der Waals surface area contributed by atoms with E-state index in [9.17, 15) is 0 Å². The predicted octanol–water partition coefficient (Wildman–Crippen LogP) is 5.65. The molecular formula is C16H28. The van der Waals surface area contributed by atoms with Crippen LogP contribution >= 0.6 is 0 Å². The van der Waals surface area contributed by atoms with E-state index in [4.69, 9.17) is 0 Å². The Kier molecular flexibility index (Phi) is 8.20. The molecule has 0 aromatic carbocycles. The van der Waals surface area contributed by atoms with Gasteiger partial charge in [0.2, 0.25) is 0 Å². The average molecular weight is 220 g/mol. The van der Waals surface area contributed by atoms with Gasteiger partial charge in [-0.05, 0) is 50.9 Å². The first-order valence-corrected chi connectivity index (χ1v) is 7.21. The molecule has 0 heterocycles. The molecule has 0 radical (unpaired) electrons. The first-order valence-electron chi connectivity index (χ1n) is 7.21. The van der Waals surface area contributed by atoms with E-state index in [-0.39, 0.29) is 0 Å². The summed E-state index contributed by atoms with van der Waals surface area (Å²) in [6, 6.07) is 0. The van der Waals surface area contributed by atoms with Crippen molar-refractivity contribution in [2.75, 3.05) is 0 Å². The summed E-state index contributed by atoms with van der Waals surface area (Å²) in [7, 11) is 0. The van der Waals surface area contributed by atoms with Gasteiger partial charge in [-0.1, -0.05) is 50.5 Å². The molecule has 0 aromatic rings. The van der Waals surface area contributed by atoms with Crippen LogP contribution in [0.15, 0.2) is 24.3 Å². The molecule has 1 unspecified atom stereocenters. The van der Waals surface area contributed by atoms with Crippen LogP contribution in [0.3, 0.4) is 0 Å². The summed E-state index contributed by atoms with van der Waals surface area (Å²) in [4.78, 5) is 0. The van der Waals surface area contributed by atoms with Crippen molar-refractivity contribution in [2.45, 2.75) is 71.1 Å². The average Bonchev–Trinajstić information content (AvgIpc) is 2.29. The third kappa shape index (κ3) is 7.73. The Morgan fingerprint density at radius 3 is 2.00 bits per heavy atom. The highest BCUT2D eigenvalue weighted by Crippen LogP contribution is 2.14. The zero-order valence-electron chi connectivity index (χ0n) is 11.0. The van der Waals surface area contributed by atoms with E-state index in [2.05, 4.69) is 31.2 Å². The van der Waals surface area contributed by atoms with Crippen LogP contribution in [0, 0.1) is 5.92 Å². The Morgan fingerprint density at radius 2 is 1.25 bits per heavy atom. The molecule has 0 heteroatoms. The molecule has 0 fully saturated rings. The third-order valence-corrected chi connectivity index (χ3v) is 3.40. The van der Waals surface area contributed by atoms with E-state index >= 15 is 0 Å². The zero-order valence-corrected chi connectivity index (χ0v) is 11.0. The van der Waals surface area contributed by atoms with Crippen LogP contribution in [-0.2, 0) is 0 Å². The van der Waals surface area contributed by atoms with Crippen molar-refractivity contribution >= 4 is 0 Å². The molecule has 0 nitrogen and oxygen atoms in total. The van der Waals surface area contributed by atoms with Gasteiger partial charge in [-0.2, -0.15) is 0 Å². The molecule has 0 bridgehead atoms. The van der Waals surface area contributed by atoms with Gasteiger partial charge >= 0.3 is 0 Å². The van der Waals surface area contributed by atoms with Crippen LogP contribution in [-0.4, -0.2) is 0 Å². The Balaban J connectivity index is 2.25. The topological polar surface area (TPSA) is 0 Å². The van der Waals surface area contributed by atoms with Crippen LogP contribution < -0.4 is 0 Å². The monoisotopic (exact) mass is 220 g/mol. The highest BCUT2D eigenvalue weighted by molar-refractivity contribution is 4.87. The Morgan fingerprint density at radius 1 is 0.688 bits per heavy atom. The zero-order chi connectivity index (χ0) is 11.5. The molecule has 0 saturated carbocycles. The van der Waals surface area contributed by atoms with E-state index in [1.54, 1.807) is 0 Å². The van der Waals surface area contributed by atoms with Crippen molar-refractivity contribution in [1.82, 2.24) is 0 Å². The fourth-order valence-electron chi connectivity index (χ4n) is 2.27. The number of hydrogen-bond donors (Lipinski definition) is 0. The van der Waals surface area contributed by atoms with Crippen molar-refractivity contribution in [1.29, 1.82) is 0 Å². The first kappa shape index (κ1) is 13.5. The number of allylic oxidation sites excluding steroid dienone is 4. The highest BCUT2D eigenvalue weighted by atomic mass is 14.0. The molecular weight excluding hydrogens is 192 g/mol. The quantitative estimate of drug-likeness (QED) is 0.463. The van der Waals surface area contributed by atoms with Crippen molar-refractivity contribution in [3.8, 4) is 0 Å².